The molecule has 3 amide bonds. The standard InChI is InChI=1S/C33H29F2N7O3/c1-21-26-12-14-29(43)42(25-10-7-23(8-11-25)31(44)36-20-22-5-3-2-4-6-22)30(26)39-32(37-21)40-15-17-41(18-16-40)33(45)38-24-9-13-27(34)28(35)19-24/h2-14,19H,15-18,20H2,1H3,(H,36,44)(H,38,45). The average Bonchev–Trinajstić information content (AvgIpc) is 3.06. The molecule has 0 aliphatic carbocycles. The van der Waals surface area contributed by atoms with Gasteiger partial charge in [-0.2, -0.15) is 4.98 Å². The number of amides is 3. The highest BCUT2D eigenvalue weighted by molar-refractivity contribution is 5.94. The largest absolute Gasteiger partial charge is 0.348 e. The van der Waals surface area contributed by atoms with E-state index in [4.69, 9.17) is 4.98 Å². The third-order valence-electron chi connectivity index (χ3n) is 7.63. The number of nitrogens with zero attached hydrogens (tertiary/aromatic N) is 5. The Morgan fingerprint density at radius 2 is 1.58 bits per heavy atom. The highest BCUT2D eigenvalue weighted by atomic mass is 19.2. The molecule has 1 aliphatic heterocycles. The van der Waals surface area contributed by atoms with Gasteiger partial charge < -0.3 is 20.4 Å². The Labute approximate surface area is 257 Å². The van der Waals surface area contributed by atoms with Gasteiger partial charge in [-0.05, 0) is 55.0 Å². The van der Waals surface area contributed by atoms with E-state index in [0.29, 0.717) is 66.7 Å². The van der Waals surface area contributed by atoms with E-state index in [0.717, 1.165) is 17.7 Å². The van der Waals surface area contributed by atoms with Gasteiger partial charge in [0.25, 0.3) is 11.5 Å². The Morgan fingerprint density at radius 1 is 0.844 bits per heavy atom. The van der Waals surface area contributed by atoms with Crippen LogP contribution in [-0.2, 0) is 6.54 Å². The lowest BCUT2D eigenvalue weighted by atomic mass is 10.1. The molecule has 3 aromatic carbocycles. The number of urea groups is 1. The van der Waals surface area contributed by atoms with Crippen LogP contribution >= 0.6 is 0 Å². The van der Waals surface area contributed by atoms with Gasteiger partial charge in [0.05, 0.1) is 11.4 Å². The summed E-state index contributed by atoms with van der Waals surface area (Å²) in [6.07, 6.45) is 0. The van der Waals surface area contributed by atoms with E-state index in [2.05, 4.69) is 15.6 Å². The Kier molecular flexibility index (Phi) is 8.19. The Balaban J connectivity index is 1.19. The van der Waals surface area contributed by atoms with Crippen LogP contribution in [0.25, 0.3) is 16.7 Å². The fourth-order valence-corrected chi connectivity index (χ4v) is 5.17. The zero-order valence-electron chi connectivity index (χ0n) is 24.3. The Hall–Kier alpha value is -5.65. The maximum absolute atomic E-state index is 13.6. The summed E-state index contributed by atoms with van der Waals surface area (Å²) in [5, 5.41) is 6.20. The van der Waals surface area contributed by atoms with Gasteiger partial charge >= 0.3 is 6.03 Å². The first-order valence-corrected chi connectivity index (χ1v) is 14.4. The molecular weight excluding hydrogens is 580 g/mol. The number of carbonyl (C=O) groups excluding carboxylic acids is 2. The first-order chi connectivity index (χ1) is 21.8. The lowest BCUT2D eigenvalue weighted by molar-refractivity contribution is 0.0951. The SMILES string of the molecule is Cc1nc(N2CCN(C(=O)Nc3ccc(F)c(F)c3)CC2)nc2c1ccc(=O)n2-c1ccc(C(=O)NCc2ccccc2)cc1. The first-order valence-electron chi connectivity index (χ1n) is 14.4. The summed E-state index contributed by atoms with van der Waals surface area (Å²) in [5.74, 6) is -1.84. The molecule has 10 nitrogen and oxygen atoms in total. The number of hydrogen-bond acceptors (Lipinski definition) is 6. The van der Waals surface area contributed by atoms with E-state index >= 15 is 0 Å². The van der Waals surface area contributed by atoms with E-state index in [-0.39, 0.29) is 17.2 Å². The van der Waals surface area contributed by atoms with Crippen molar-refractivity contribution in [2.45, 2.75) is 13.5 Å². The number of hydrogen-bond donors (Lipinski definition) is 2. The van der Waals surface area contributed by atoms with Crippen LogP contribution in [0.1, 0.15) is 21.6 Å². The van der Waals surface area contributed by atoms with Crippen molar-refractivity contribution in [1.29, 1.82) is 0 Å². The van der Waals surface area contributed by atoms with E-state index in [1.807, 2.05) is 42.2 Å². The molecule has 0 saturated carbocycles. The summed E-state index contributed by atoms with van der Waals surface area (Å²) in [4.78, 5) is 51.5. The molecule has 45 heavy (non-hydrogen) atoms. The molecule has 0 atom stereocenters. The molecule has 0 radical (unpaired) electrons. The monoisotopic (exact) mass is 609 g/mol. The summed E-state index contributed by atoms with van der Waals surface area (Å²) in [6, 6.07) is 22.3. The van der Waals surface area contributed by atoms with E-state index in [1.165, 1.54) is 16.7 Å². The quantitative estimate of drug-likeness (QED) is 0.290. The van der Waals surface area contributed by atoms with Gasteiger partial charge in [-0.1, -0.05) is 30.3 Å². The number of aryl methyl sites for hydroxylation is 1. The molecule has 3 heterocycles. The minimum atomic E-state index is -1.04. The number of rotatable bonds is 6. The molecule has 1 aliphatic rings. The van der Waals surface area contributed by atoms with Gasteiger partial charge in [0.1, 0.15) is 0 Å². The molecule has 6 rings (SSSR count). The molecule has 0 bridgehead atoms. The lowest BCUT2D eigenvalue weighted by Crippen LogP contribution is -2.50. The maximum atomic E-state index is 13.6. The highest BCUT2D eigenvalue weighted by Crippen LogP contribution is 2.22. The summed E-state index contributed by atoms with van der Waals surface area (Å²) in [5.41, 5.74) is 2.97. The molecule has 0 unspecified atom stereocenters. The van der Waals surface area contributed by atoms with Gasteiger partial charge in [-0.15, -0.1) is 0 Å². The zero-order chi connectivity index (χ0) is 31.5. The van der Waals surface area contributed by atoms with Crippen molar-refractivity contribution < 1.29 is 18.4 Å². The fraction of sp³-hybridized carbons (Fsp3) is 0.182. The van der Waals surface area contributed by atoms with Crippen LogP contribution < -0.4 is 21.1 Å². The zero-order valence-corrected chi connectivity index (χ0v) is 24.3. The van der Waals surface area contributed by atoms with Crippen LogP contribution in [0.15, 0.2) is 89.7 Å². The van der Waals surface area contributed by atoms with Crippen LogP contribution in [0.4, 0.5) is 25.2 Å². The van der Waals surface area contributed by atoms with Gasteiger partial charge in [-0.25, -0.2) is 18.6 Å². The van der Waals surface area contributed by atoms with Crippen molar-refractivity contribution in [2.75, 3.05) is 36.4 Å². The molecule has 12 heteroatoms. The van der Waals surface area contributed by atoms with E-state index in [1.54, 1.807) is 35.2 Å². The predicted molar refractivity (Wildman–Crippen MR) is 167 cm³/mol. The van der Waals surface area contributed by atoms with Crippen molar-refractivity contribution in [3.05, 3.63) is 124 Å². The van der Waals surface area contributed by atoms with Crippen molar-refractivity contribution in [1.82, 2.24) is 24.8 Å². The van der Waals surface area contributed by atoms with E-state index in [9.17, 15) is 23.2 Å². The highest BCUT2D eigenvalue weighted by Gasteiger charge is 2.24. The number of piperazine rings is 1. The van der Waals surface area contributed by atoms with Gasteiger partial charge in [0.15, 0.2) is 17.3 Å². The smallest absolute Gasteiger partial charge is 0.321 e. The van der Waals surface area contributed by atoms with Gasteiger partial charge in [0, 0.05) is 61.5 Å². The average molecular weight is 610 g/mol. The minimum absolute atomic E-state index is 0.161. The van der Waals surface area contributed by atoms with Crippen LogP contribution in [0.3, 0.4) is 0 Å². The van der Waals surface area contributed by atoms with Crippen molar-refractivity contribution in [3.8, 4) is 5.69 Å². The second-order valence-electron chi connectivity index (χ2n) is 10.6. The van der Waals surface area contributed by atoms with Gasteiger partial charge in [0.2, 0.25) is 5.95 Å². The Morgan fingerprint density at radius 3 is 2.29 bits per heavy atom. The summed E-state index contributed by atoms with van der Waals surface area (Å²) >= 11 is 0. The fourth-order valence-electron chi connectivity index (χ4n) is 5.17. The van der Waals surface area contributed by atoms with Crippen molar-refractivity contribution in [2.24, 2.45) is 0 Å². The molecule has 1 saturated heterocycles. The normalized spacial score (nSPS) is 13.1. The van der Waals surface area contributed by atoms with Crippen LogP contribution in [0.2, 0.25) is 0 Å². The second kappa shape index (κ2) is 12.5. The van der Waals surface area contributed by atoms with Crippen LogP contribution in [0.5, 0.6) is 0 Å². The third kappa shape index (κ3) is 6.35. The molecule has 228 valence electrons. The third-order valence-corrected chi connectivity index (χ3v) is 7.63. The summed E-state index contributed by atoms with van der Waals surface area (Å²) < 4.78 is 28.3. The van der Waals surface area contributed by atoms with Crippen molar-refractivity contribution in [3.63, 3.8) is 0 Å². The molecule has 0 spiro atoms. The predicted octanol–water partition coefficient (Wildman–Crippen LogP) is 4.65. The molecule has 2 N–H and O–H groups in total. The number of anilines is 2. The molecule has 2 aromatic heterocycles. The van der Waals surface area contributed by atoms with Gasteiger partial charge in [-0.3, -0.25) is 14.2 Å². The van der Waals surface area contributed by atoms with Crippen molar-refractivity contribution >= 4 is 34.6 Å². The maximum Gasteiger partial charge on any atom is 0.321 e. The number of nitrogens with one attached hydrogen (secondary N) is 2. The number of carbonyl (C=O) groups is 2. The minimum Gasteiger partial charge on any atom is -0.348 e. The first kappa shape index (κ1) is 29.4. The topological polar surface area (TPSA) is 112 Å². The number of aromatic nitrogens is 3. The molecule has 1 fully saturated rings. The number of halogens is 2. The number of benzene rings is 3. The Bertz CT molecular complexity index is 1940. The van der Waals surface area contributed by atoms with E-state index < -0.39 is 17.7 Å². The van der Waals surface area contributed by atoms with Crippen LogP contribution in [-0.4, -0.2) is 57.6 Å². The summed E-state index contributed by atoms with van der Waals surface area (Å²) in [7, 11) is 0. The van der Waals surface area contributed by atoms with Crippen LogP contribution in [0, 0.1) is 18.6 Å². The number of fused-ring (bicyclic) bond motifs is 1. The second-order valence-corrected chi connectivity index (χ2v) is 10.6. The molecule has 5 aromatic rings. The summed E-state index contributed by atoms with van der Waals surface area (Å²) in [6.45, 7) is 3.75. The number of pyridine rings is 1. The lowest BCUT2D eigenvalue weighted by Gasteiger charge is -2.34. The molecular formula is C33H29F2N7O3.